The van der Waals surface area contributed by atoms with Crippen LogP contribution >= 0.6 is 0 Å². The lowest BCUT2D eigenvalue weighted by Gasteiger charge is -2.27. The number of hydrogen-bond donors (Lipinski definition) is 1. The molecule has 0 saturated carbocycles. The third-order valence-electron chi connectivity index (χ3n) is 4.80. The van der Waals surface area contributed by atoms with Crippen molar-refractivity contribution in [1.29, 1.82) is 0 Å². The van der Waals surface area contributed by atoms with Crippen molar-refractivity contribution in [2.75, 3.05) is 26.2 Å². The van der Waals surface area contributed by atoms with Gasteiger partial charge in [0, 0.05) is 24.7 Å². The maximum Gasteiger partial charge on any atom is 0.192 e. The third-order valence-corrected chi connectivity index (χ3v) is 4.80. The van der Waals surface area contributed by atoms with Crippen LogP contribution in [0.1, 0.15) is 25.8 Å². The maximum absolute atomic E-state index is 6.22. The fraction of sp³-hybridized carbons (Fsp3) is 0.647. The summed E-state index contributed by atoms with van der Waals surface area (Å²) in [5, 5.41) is 0. The van der Waals surface area contributed by atoms with E-state index in [0.29, 0.717) is 18.6 Å². The van der Waals surface area contributed by atoms with E-state index in [-0.39, 0.29) is 6.10 Å². The van der Waals surface area contributed by atoms with Crippen molar-refractivity contribution in [3.8, 4) is 0 Å². The topological polar surface area (TPSA) is 47.7 Å². The van der Waals surface area contributed by atoms with Crippen molar-refractivity contribution in [2.45, 2.75) is 38.2 Å². The summed E-state index contributed by atoms with van der Waals surface area (Å²) in [6, 6.07) is 10.8. The van der Waals surface area contributed by atoms with Gasteiger partial charge >= 0.3 is 0 Å². The Morgan fingerprint density at radius 1 is 1.33 bits per heavy atom. The van der Waals surface area contributed by atoms with Gasteiger partial charge in [-0.05, 0) is 32.7 Å². The van der Waals surface area contributed by atoms with E-state index in [0.717, 1.165) is 25.2 Å². The second-order valence-corrected chi connectivity index (χ2v) is 6.50. The van der Waals surface area contributed by atoms with E-state index in [1.54, 1.807) is 0 Å². The molecule has 2 aliphatic rings. The minimum absolute atomic E-state index is 0.134. The van der Waals surface area contributed by atoms with Gasteiger partial charge in [0.25, 0.3) is 0 Å². The predicted molar refractivity (Wildman–Crippen MR) is 82.8 cm³/mol. The summed E-state index contributed by atoms with van der Waals surface area (Å²) in [5.74, 6) is 0.0186. The lowest BCUT2D eigenvalue weighted by atomic mass is 10.1. The minimum atomic E-state index is -0.609. The van der Waals surface area contributed by atoms with Crippen LogP contribution in [-0.4, -0.2) is 43.3 Å². The van der Waals surface area contributed by atoms with E-state index < -0.39 is 5.79 Å². The quantitative estimate of drug-likeness (QED) is 0.920. The number of benzene rings is 1. The molecular formula is C17H26N2O2. The smallest absolute Gasteiger partial charge is 0.192 e. The van der Waals surface area contributed by atoms with Gasteiger partial charge in [0.2, 0.25) is 0 Å². The second-order valence-electron chi connectivity index (χ2n) is 6.50. The van der Waals surface area contributed by atoms with E-state index >= 15 is 0 Å². The average molecular weight is 290 g/mol. The molecule has 0 aliphatic carbocycles. The Morgan fingerprint density at radius 3 is 2.76 bits per heavy atom. The zero-order chi connectivity index (χ0) is 14.9. The van der Waals surface area contributed by atoms with Crippen molar-refractivity contribution in [3.63, 3.8) is 0 Å². The van der Waals surface area contributed by atoms with Gasteiger partial charge in [0.05, 0.1) is 12.7 Å². The molecule has 4 unspecified atom stereocenters. The number of nitrogens with zero attached hydrogens (tertiary/aromatic N) is 1. The Kier molecular flexibility index (Phi) is 4.31. The molecule has 4 atom stereocenters. The number of nitrogens with two attached hydrogens (primary N) is 1. The first kappa shape index (κ1) is 15.0. The largest absolute Gasteiger partial charge is 0.343 e. The van der Waals surface area contributed by atoms with Crippen LogP contribution < -0.4 is 5.73 Å². The van der Waals surface area contributed by atoms with Gasteiger partial charge in [0.1, 0.15) is 0 Å². The Labute approximate surface area is 127 Å². The second kappa shape index (κ2) is 6.05. The molecule has 2 saturated heterocycles. The summed E-state index contributed by atoms with van der Waals surface area (Å²) >= 11 is 0. The Morgan fingerprint density at radius 2 is 2.10 bits per heavy atom. The van der Waals surface area contributed by atoms with Gasteiger partial charge < -0.3 is 15.2 Å². The summed E-state index contributed by atoms with van der Waals surface area (Å²) in [6.07, 6.45) is 1.33. The van der Waals surface area contributed by atoms with Crippen molar-refractivity contribution in [3.05, 3.63) is 35.9 Å². The molecule has 2 fully saturated rings. The standard InChI is InChI=1S/C17H26N2O2/c1-13-8-14(9-18)10-19(13)11-16-12-20-17(2,21-16)15-6-4-3-5-7-15/h3-7,13-14,16H,8-12,18H2,1-2H3. The first-order valence-corrected chi connectivity index (χ1v) is 7.92. The molecular weight excluding hydrogens is 264 g/mol. The highest BCUT2D eigenvalue weighted by atomic mass is 16.7. The monoisotopic (exact) mass is 290 g/mol. The van der Waals surface area contributed by atoms with Crippen LogP contribution in [0.2, 0.25) is 0 Å². The number of rotatable bonds is 4. The van der Waals surface area contributed by atoms with Crippen LogP contribution in [0.15, 0.2) is 30.3 Å². The average Bonchev–Trinajstić information content (AvgIpc) is 3.05. The third kappa shape index (κ3) is 3.14. The Hall–Kier alpha value is -0.940. The van der Waals surface area contributed by atoms with Gasteiger partial charge in [-0.1, -0.05) is 30.3 Å². The summed E-state index contributed by atoms with van der Waals surface area (Å²) in [7, 11) is 0. The lowest BCUT2D eigenvalue weighted by Crippen LogP contribution is -2.37. The van der Waals surface area contributed by atoms with Crippen molar-refractivity contribution >= 4 is 0 Å². The fourth-order valence-electron chi connectivity index (χ4n) is 3.52. The van der Waals surface area contributed by atoms with Crippen LogP contribution in [0.3, 0.4) is 0 Å². The van der Waals surface area contributed by atoms with E-state index in [9.17, 15) is 0 Å². The van der Waals surface area contributed by atoms with Gasteiger partial charge in [-0.15, -0.1) is 0 Å². The summed E-state index contributed by atoms with van der Waals surface area (Å²) < 4.78 is 12.2. The molecule has 0 radical (unpaired) electrons. The molecule has 0 amide bonds. The van der Waals surface area contributed by atoms with Crippen molar-refractivity contribution in [2.24, 2.45) is 11.7 Å². The Bertz CT molecular complexity index is 467. The molecule has 2 aliphatic heterocycles. The van der Waals surface area contributed by atoms with Crippen LogP contribution in [0.5, 0.6) is 0 Å². The molecule has 3 rings (SSSR count). The zero-order valence-corrected chi connectivity index (χ0v) is 13.0. The number of likely N-dealkylation sites (tertiary alicyclic amines) is 1. The molecule has 1 aromatic carbocycles. The van der Waals surface area contributed by atoms with E-state index in [1.807, 2.05) is 25.1 Å². The maximum atomic E-state index is 6.22. The van der Waals surface area contributed by atoms with Crippen LogP contribution in [0.25, 0.3) is 0 Å². The molecule has 0 bridgehead atoms. The highest BCUT2D eigenvalue weighted by Crippen LogP contribution is 2.34. The first-order valence-electron chi connectivity index (χ1n) is 7.92. The summed E-state index contributed by atoms with van der Waals surface area (Å²) in [6.45, 7) is 7.74. The molecule has 1 aromatic rings. The molecule has 4 heteroatoms. The van der Waals surface area contributed by atoms with E-state index in [1.165, 1.54) is 6.42 Å². The predicted octanol–water partition coefficient (Wildman–Crippen LogP) is 1.94. The minimum Gasteiger partial charge on any atom is -0.343 e. The molecule has 0 spiro atoms. The summed E-state index contributed by atoms with van der Waals surface area (Å²) in [5.41, 5.74) is 6.89. The molecule has 21 heavy (non-hydrogen) atoms. The van der Waals surface area contributed by atoms with Gasteiger partial charge in [-0.3, -0.25) is 4.90 Å². The van der Waals surface area contributed by atoms with Crippen molar-refractivity contribution in [1.82, 2.24) is 4.90 Å². The molecule has 4 nitrogen and oxygen atoms in total. The lowest BCUT2D eigenvalue weighted by molar-refractivity contribution is -0.163. The first-order chi connectivity index (χ1) is 10.1. The molecule has 2 heterocycles. The van der Waals surface area contributed by atoms with Crippen LogP contribution in [0, 0.1) is 5.92 Å². The highest BCUT2D eigenvalue weighted by Gasteiger charge is 2.40. The van der Waals surface area contributed by atoms with E-state index in [4.69, 9.17) is 15.2 Å². The van der Waals surface area contributed by atoms with Gasteiger partial charge in [0.15, 0.2) is 5.79 Å². The van der Waals surface area contributed by atoms with Crippen LogP contribution in [0.4, 0.5) is 0 Å². The Balaban J connectivity index is 1.60. The van der Waals surface area contributed by atoms with Crippen molar-refractivity contribution < 1.29 is 9.47 Å². The number of ether oxygens (including phenoxy) is 2. The van der Waals surface area contributed by atoms with Crippen LogP contribution in [-0.2, 0) is 15.3 Å². The molecule has 116 valence electrons. The molecule has 0 aromatic heterocycles. The van der Waals surface area contributed by atoms with Gasteiger partial charge in [-0.2, -0.15) is 0 Å². The van der Waals surface area contributed by atoms with E-state index in [2.05, 4.69) is 24.0 Å². The highest BCUT2D eigenvalue weighted by molar-refractivity contribution is 5.20. The number of hydrogen-bond acceptors (Lipinski definition) is 4. The van der Waals surface area contributed by atoms with Gasteiger partial charge in [-0.25, -0.2) is 0 Å². The zero-order valence-electron chi connectivity index (χ0n) is 13.0. The molecule has 2 N–H and O–H groups in total. The fourth-order valence-corrected chi connectivity index (χ4v) is 3.52. The normalized spacial score (nSPS) is 37.2. The SMILES string of the molecule is CC1CC(CN)CN1CC1COC(C)(c2ccccc2)O1. The summed E-state index contributed by atoms with van der Waals surface area (Å²) in [4.78, 5) is 2.49.